The lowest BCUT2D eigenvalue weighted by Gasteiger charge is -2.19. The molecule has 0 aromatic heterocycles. The maximum absolute atomic E-state index is 13.2. The van der Waals surface area contributed by atoms with Crippen molar-refractivity contribution >= 4 is 15.9 Å². The fourth-order valence-electron chi connectivity index (χ4n) is 2.91. The second-order valence-corrected chi connectivity index (χ2v) is 6.18. The van der Waals surface area contributed by atoms with Gasteiger partial charge in [0.25, 0.3) is 0 Å². The van der Waals surface area contributed by atoms with E-state index in [1.807, 2.05) is 12.1 Å². The van der Waals surface area contributed by atoms with Gasteiger partial charge < -0.3 is 5.32 Å². The van der Waals surface area contributed by atoms with E-state index in [9.17, 15) is 4.39 Å². The monoisotopic (exact) mass is 313 g/mol. The molecular formula is C15H21BrFN. The van der Waals surface area contributed by atoms with Crippen molar-refractivity contribution in [3.8, 4) is 0 Å². The summed E-state index contributed by atoms with van der Waals surface area (Å²) < 4.78 is 13.8. The highest BCUT2D eigenvalue weighted by Crippen LogP contribution is 2.27. The van der Waals surface area contributed by atoms with E-state index in [4.69, 9.17) is 0 Å². The highest BCUT2D eigenvalue weighted by Gasteiger charge is 2.19. The first kappa shape index (κ1) is 14.0. The Morgan fingerprint density at radius 1 is 1.33 bits per heavy atom. The predicted octanol–water partition coefficient (Wildman–Crippen LogP) is 4.30. The predicted molar refractivity (Wildman–Crippen MR) is 77.2 cm³/mol. The highest BCUT2D eigenvalue weighted by molar-refractivity contribution is 9.10. The second-order valence-electron chi connectivity index (χ2n) is 5.32. The van der Waals surface area contributed by atoms with E-state index in [1.165, 1.54) is 37.7 Å². The van der Waals surface area contributed by atoms with Gasteiger partial charge in [-0.05, 0) is 65.9 Å². The van der Waals surface area contributed by atoms with Gasteiger partial charge in [0.2, 0.25) is 0 Å². The summed E-state index contributed by atoms with van der Waals surface area (Å²) in [7, 11) is 2.06. The minimum Gasteiger partial charge on any atom is -0.317 e. The van der Waals surface area contributed by atoms with E-state index in [2.05, 4.69) is 28.3 Å². The van der Waals surface area contributed by atoms with E-state index < -0.39 is 0 Å². The van der Waals surface area contributed by atoms with E-state index >= 15 is 0 Å². The van der Waals surface area contributed by atoms with Crippen LogP contribution in [-0.2, 0) is 6.42 Å². The van der Waals surface area contributed by atoms with Gasteiger partial charge in [0.15, 0.2) is 0 Å². The summed E-state index contributed by atoms with van der Waals surface area (Å²) in [6.45, 7) is 0. The van der Waals surface area contributed by atoms with Crippen molar-refractivity contribution in [1.29, 1.82) is 0 Å². The van der Waals surface area contributed by atoms with Gasteiger partial charge in [-0.15, -0.1) is 0 Å². The molecule has 1 aromatic carbocycles. The minimum absolute atomic E-state index is 0.173. The van der Waals surface area contributed by atoms with Crippen LogP contribution in [0, 0.1) is 11.7 Å². The van der Waals surface area contributed by atoms with E-state index in [1.54, 1.807) is 6.07 Å². The standard InChI is InChI=1S/C15H21BrFN/c1-18-13-5-3-2-4-11(9-13)8-12-6-7-15(17)14(16)10-12/h6-7,10-11,13,18H,2-5,8-9H2,1H3. The van der Waals surface area contributed by atoms with Gasteiger partial charge in [0.05, 0.1) is 4.47 Å². The first-order chi connectivity index (χ1) is 8.69. The number of hydrogen-bond acceptors (Lipinski definition) is 1. The molecular weight excluding hydrogens is 293 g/mol. The second kappa shape index (κ2) is 6.67. The van der Waals surface area contributed by atoms with Crippen LogP contribution in [-0.4, -0.2) is 13.1 Å². The lowest BCUT2D eigenvalue weighted by molar-refractivity contribution is 0.400. The Labute approximate surface area is 117 Å². The Morgan fingerprint density at radius 3 is 2.83 bits per heavy atom. The summed E-state index contributed by atoms with van der Waals surface area (Å²) >= 11 is 3.26. The maximum atomic E-state index is 13.2. The van der Waals surface area contributed by atoms with Crippen LogP contribution in [0.2, 0.25) is 0 Å². The zero-order chi connectivity index (χ0) is 13.0. The van der Waals surface area contributed by atoms with Gasteiger partial charge in [-0.25, -0.2) is 4.39 Å². The zero-order valence-corrected chi connectivity index (χ0v) is 12.5. The molecule has 100 valence electrons. The molecule has 0 bridgehead atoms. The van der Waals surface area contributed by atoms with E-state index in [-0.39, 0.29) is 5.82 Å². The molecule has 0 amide bonds. The van der Waals surface area contributed by atoms with Gasteiger partial charge in [-0.3, -0.25) is 0 Å². The van der Waals surface area contributed by atoms with Gasteiger partial charge in [-0.1, -0.05) is 25.3 Å². The molecule has 1 aliphatic carbocycles. The molecule has 0 saturated heterocycles. The summed E-state index contributed by atoms with van der Waals surface area (Å²) in [4.78, 5) is 0. The first-order valence-electron chi connectivity index (χ1n) is 6.80. The third-order valence-corrected chi connectivity index (χ3v) is 4.56. The third kappa shape index (κ3) is 3.79. The molecule has 2 atom stereocenters. The molecule has 1 aromatic rings. The Bertz CT molecular complexity index is 394. The quantitative estimate of drug-likeness (QED) is 0.820. The molecule has 1 fully saturated rings. The molecule has 3 heteroatoms. The Morgan fingerprint density at radius 2 is 2.11 bits per heavy atom. The van der Waals surface area contributed by atoms with Crippen LogP contribution in [0.5, 0.6) is 0 Å². The van der Waals surface area contributed by atoms with Crippen LogP contribution in [0.4, 0.5) is 4.39 Å². The molecule has 1 aliphatic rings. The van der Waals surface area contributed by atoms with Crippen molar-refractivity contribution in [2.45, 2.75) is 44.6 Å². The third-order valence-electron chi connectivity index (χ3n) is 3.95. The lowest BCUT2D eigenvalue weighted by atomic mass is 9.91. The van der Waals surface area contributed by atoms with Crippen LogP contribution in [0.15, 0.2) is 22.7 Å². The maximum Gasteiger partial charge on any atom is 0.137 e. The van der Waals surface area contributed by atoms with Crippen LogP contribution in [0.25, 0.3) is 0 Å². The Balaban J connectivity index is 2.00. The summed E-state index contributed by atoms with van der Waals surface area (Å²) in [6, 6.07) is 6.06. The fourth-order valence-corrected chi connectivity index (χ4v) is 3.34. The highest BCUT2D eigenvalue weighted by atomic mass is 79.9. The van der Waals surface area contributed by atoms with Gasteiger partial charge in [0.1, 0.15) is 5.82 Å². The number of nitrogens with one attached hydrogen (secondary N) is 1. The van der Waals surface area contributed by atoms with Crippen LogP contribution < -0.4 is 5.32 Å². The first-order valence-corrected chi connectivity index (χ1v) is 7.59. The molecule has 18 heavy (non-hydrogen) atoms. The molecule has 0 radical (unpaired) electrons. The number of rotatable bonds is 3. The molecule has 1 nitrogen and oxygen atoms in total. The van der Waals surface area contributed by atoms with Crippen molar-refractivity contribution < 1.29 is 4.39 Å². The van der Waals surface area contributed by atoms with E-state index in [0.717, 1.165) is 12.3 Å². The molecule has 2 unspecified atom stereocenters. The number of halogens is 2. The van der Waals surface area contributed by atoms with Crippen molar-refractivity contribution in [3.05, 3.63) is 34.1 Å². The zero-order valence-electron chi connectivity index (χ0n) is 10.9. The average molecular weight is 314 g/mol. The molecule has 0 heterocycles. The molecule has 1 N–H and O–H groups in total. The minimum atomic E-state index is -0.173. The summed E-state index contributed by atoms with van der Waals surface area (Å²) in [5, 5.41) is 3.41. The van der Waals surface area contributed by atoms with Gasteiger partial charge in [-0.2, -0.15) is 0 Å². The average Bonchev–Trinajstić information content (AvgIpc) is 2.59. The molecule has 2 rings (SSSR count). The van der Waals surface area contributed by atoms with Gasteiger partial charge >= 0.3 is 0 Å². The van der Waals surface area contributed by atoms with Crippen LogP contribution in [0.1, 0.15) is 37.7 Å². The molecule has 0 spiro atoms. The summed E-state index contributed by atoms with van der Waals surface area (Å²) in [5.41, 5.74) is 1.24. The van der Waals surface area contributed by atoms with E-state index in [0.29, 0.717) is 10.5 Å². The SMILES string of the molecule is CNC1CCCCC(Cc2ccc(F)c(Br)c2)C1. The topological polar surface area (TPSA) is 12.0 Å². The summed E-state index contributed by atoms with van der Waals surface area (Å²) in [5.74, 6) is 0.551. The van der Waals surface area contributed by atoms with Gasteiger partial charge in [0, 0.05) is 6.04 Å². The fraction of sp³-hybridized carbons (Fsp3) is 0.600. The van der Waals surface area contributed by atoms with Crippen molar-refractivity contribution in [2.75, 3.05) is 7.05 Å². The van der Waals surface area contributed by atoms with Crippen molar-refractivity contribution in [3.63, 3.8) is 0 Å². The Hall–Kier alpha value is -0.410. The van der Waals surface area contributed by atoms with Crippen LogP contribution in [0.3, 0.4) is 0 Å². The van der Waals surface area contributed by atoms with Crippen molar-refractivity contribution in [1.82, 2.24) is 5.32 Å². The van der Waals surface area contributed by atoms with Crippen LogP contribution >= 0.6 is 15.9 Å². The largest absolute Gasteiger partial charge is 0.317 e. The lowest BCUT2D eigenvalue weighted by Crippen LogP contribution is -2.26. The molecule has 0 aliphatic heterocycles. The smallest absolute Gasteiger partial charge is 0.137 e. The number of benzene rings is 1. The normalized spacial score (nSPS) is 24.8. The molecule has 1 saturated carbocycles. The van der Waals surface area contributed by atoms with Crippen molar-refractivity contribution in [2.24, 2.45) is 5.92 Å². The number of hydrogen-bond donors (Lipinski definition) is 1. The Kier molecular flexibility index (Phi) is 5.19. The summed E-state index contributed by atoms with van der Waals surface area (Å²) in [6.07, 6.45) is 7.55.